The Balaban J connectivity index is 1.55. The minimum Gasteiger partial charge on any atom is -0.378 e. The number of rotatable bonds is 9. The molecule has 6 nitrogen and oxygen atoms in total. The molecule has 1 heterocycles. The molecule has 1 aliphatic rings. The van der Waals surface area contributed by atoms with E-state index >= 15 is 0 Å². The van der Waals surface area contributed by atoms with Crippen LogP contribution >= 0.6 is 11.6 Å². The van der Waals surface area contributed by atoms with Crippen LogP contribution in [0.5, 0.6) is 0 Å². The van der Waals surface area contributed by atoms with Gasteiger partial charge in [0, 0.05) is 36.0 Å². The van der Waals surface area contributed by atoms with Crippen molar-refractivity contribution < 1.29 is 14.3 Å². The van der Waals surface area contributed by atoms with Crippen molar-refractivity contribution in [3.63, 3.8) is 0 Å². The number of ether oxygens (including phenoxy) is 1. The van der Waals surface area contributed by atoms with Gasteiger partial charge in [0.15, 0.2) is 0 Å². The van der Waals surface area contributed by atoms with E-state index in [-0.39, 0.29) is 18.2 Å². The van der Waals surface area contributed by atoms with Crippen molar-refractivity contribution in [1.82, 2.24) is 4.90 Å². The van der Waals surface area contributed by atoms with Crippen LogP contribution in [-0.2, 0) is 27.3 Å². The average molecular weight is 520 g/mol. The summed E-state index contributed by atoms with van der Waals surface area (Å²) in [7, 11) is 0. The molecule has 1 aliphatic heterocycles. The second-order valence-corrected chi connectivity index (χ2v) is 9.93. The van der Waals surface area contributed by atoms with Crippen LogP contribution in [0, 0.1) is 0 Å². The largest absolute Gasteiger partial charge is 0.378 e. The Morgan fingerprint density at radius 2 is 1.59 bits per heavy atom. The van der Waals surface area contributed by atoms with Crippen molar-refractivity contribution >= 4 is 34.8 Å². The third kappa shape index (κ3) is 6.70. The van der Waals surface area contributed by atoms with E-state index in [1.807, 2.05) is 80.6 Å². The second-order valence-electron chi connectivity index (χ2n) is 9.50. The number of hydrogen-bond acceptors (Lipinski definition) is 4. The van der Waals surface area contributed by atoms with E-state index in [2.05, 4.69) is 10.2 Å². The number of benzene rings is 3. The number of amides is 2. The average Bonchev–Trinajstić information content (AvgIpc) is 2.93. The number of nitrogens with zero attached hydrogens (tertiary/aromatic N) is 2. The van der Waals surface area contributed by atoms with Gasteiger partial charge in [0.05, 0.1) is 19.6 Å². The van der Waals surface area contributed by atoms with Crippen LogP contribution in [0.4, 0.5) is 11.4 Å². The second kappa shape index (κ2) is 12.3. The molecule has 3 aromatic rings. The maximum absolute atomic E-state index is 13.7. The van der Waals surface area contributed by atoms with Gasteiger partial charge in [-0.25, -0.2) is 0 Å². The summed E-state index contributed by atoms with van der Waals surface area (Å²) in [5.41, 5.74) is 2.55. The molecule has 1 atom stereocenters. The molecule has 7 heteroatoms. The highest BCUT2D eigenvalue weighted by Crippen LogP contribution is 2.27. The first-order valence-electron chi connectivity index (χ1n) is 12.7. The summed E-state index contributed by atoms with van der Waals surface area (Å²) in [5, 5.41) is 3.69. The van der Waals surface area contributed by atoms with Crippen molar-refractivity contribution in [3.05, 3.63) is 95.0 Å². The fourth-order valence-electron chi connectivity index (χ4n) is 4.49. The Morgan fingerprint density at radius 1 is 0.946 bits per heavy atom. The van der Waals surface area contributed by atoms with Gasteiger partial charge in [0.1, 0.15) is 5.54 Å². The van der Waals surface area contributed by atoms with Crippen LogP contribution in [0.3, 0.4) is 0 Å². The Morgan fingerprint density at radius 3 is 2.22 bits per heavy atom. The minimum atomic E-state index is -1.06. The molecule has 1 fully saturated rings. The monoisotopic (exact) mass is 519 g/mol. The van der Waals surface area contributed by atoms with Crippen LogP contribution in [0.1, 0.15) is 31.4 Å². The number of carbonyl (C=O) groups excluding carboxylic acids is 2. The summed E-state index contributed by atoms with van der Waals surface area (Å²) in [6, 6.07) is 24.8. The summed E-state index contributed by atoms with van der Waals surface area (Å²) in [5.74, 6) is -0.326. The number of hydrogen-bond donors (Lipinski definition) is 1. The lowest BCUT2D eigenvalue weighted by Gasteiger charge is -2.40. The summed E-state index contributed by atoms with van der Waals surface area (Å²) in [4.78, 5) is 31.4. The molecule has 0 radical (unpaired) electrons. The van der Waals surface area contributed by atoms with Gasteiger partial charge in [-0.1, -0.05) is 61.0 Å². The number of carbonyl (C=O) groups is 2. The zero-order valence-electron chi connectivity index (χ0n) is 21.5. The van der Waals surface area contributed by atoms with Crippen molar-refractivity contribution in [1.29, 1.82) is 0 Å². The van der Waals surface area contributed by atoms with Crippen molar-refractivity contribution in [2.24, 2.45) is 0 Å². The molecule has 2 amide bonds. The van der Waals surface area contributed by atoms with E-state index in [0.29, 0.717) is 36.9 Å². The first kappa shape index (κ1) is 26.7. The zero-order valence-corrected chi connectivity index (χ0v) is 22.2. The molecule has 1 saturated heterocycles. The third-order valence-electron chi connectivity index (χ3n) is 7.03. The van der Waals surface area contributed by atoms with E-state index in [4.69, 9.17) is 16.3 Å². The Bertz CT molecular complexity index is 1180. The smallest absolute Gasteiger partial charge is 0.250 e. The van der Waals surface area contributed by atoms with E-state index in [1.54, 1.807) is 17.0 Å². The highest BCUT2D eigenvalue weighted by Gasteiger charge is 2.40. The lowest BCUT2D eigenvalue weighted by molar-refractivity contribution is -0.145. The molecule has 4 rings (SSSR count). The molecule has 0 bridgehead atoms. The first-order chi connectivity index (χ1) is 17.9. The van der Waals surface area contributed by atoms with E-state index in [1.165, 1.54) is 0 Å². The molecule has 1 unspecified atom stereocenters. The number of anilines is 2. The van der Waals surface area contributed by atoms with Gasteiger partial charge in [-0.3, -0.25) is 9.59 Å². The number of halogens is 1. The van der Waals surface area contributed by atoms with Gasteiger partial charge in [-0.2, -0.15) is 0 Å². The van der Waals surface area contributed by atoms with Gasteiger partial charge in [0.25, 0.3) is 0 Å². The predicted octanol–water partition coefficient (Wildman–Crippen LogP) is 5.56. The Labute approximate surface area is 224 Å². The fourth-order valence-corrected chi connectivity index (χ4v) is 4.62. The van der Waals surface area contributed by atoms with Crippen LogP contribution in [0.15, 0.2) is 78.9 Å². The standard InChI is InChI=1S/C30H34ClN3O3/c1-3-30(2,29(36)32-26-13-15-27(16-14-26)33-17-19-37-20-18-33)34(22-24-9-11-25(31)12-10-24)28(35)21-23-7-5-4-6-8-23/h4-16H,3,17-22H2,1-2H3,(H,32,36). The van der Waals surface area contributed by atoms with Crippen LogP contribution in [0.2, 0.25) is 5.02 Å². The van der Waals surface area contributed by atoms with Crippen molar-refractivity contribution in [3.8, 4) is 0 Å². The lowest BCUT2D eigenvalue weighted by Crippen LogP contribution is -2.56. The summed E-state index contributed by atoms with van der Waals surface area (Å²) < 4.78 is 5.44. The number of nitrogens with one attached hydrogen (secondary N) is 1. The van der Waals surface area contributed by atoms with Gasteiger partial charge < -0.3 is 19.9 Å². The molecule has 0 spiro atoms. The SMILES string of the molecule is CCC(C)(C(=O)Nc1ccc(N2CCOCC2)cc1)N(Cc1ccc(Cl)cc1)C(=O)Cc1ccccc1. The minimum absolute atomic E-state index is 0.108. The predicted molar refractivity (Wildman–Crippen MR) is 149 cm³/mol. The van der Waals surface area contributed by atoms with E-state index < -0.39 is 5.54 Å². The van der Waals surface area contributed by atoms with Crippen LogP contribution in [0.25, 0.3) is 0 Å². The summed E-state index contributed by atoms with van der Waals surface area (Å²) in [6.07, 6.45) is 0.671. The highest BCUT2D eigenvalue weighted by atomic mass is 35.5. The maximum Gasteiger partial charge on any atom is 0.250 e. The first-order valence-corrected chi connectivity index (χ1v) is 13.1. The van der Waals surface area contributed by atoms with Gasteiger partial charge in [-0.05, 0) is 60.9 Å². The quantitative estimate of drug-likeness (QED) is 0.402. The van der Waals surface area contributed by atoms with Gasteiger partial charge in [-0.15, -0.1) is 0 Å². The Hall–Kier alpha value is -3.35. The van der Waals surface area contributed by atoms with Gasteiger partial charge >= 0.3 is 0 Å². The molecule has 194 valence electrons. The topological polar surface area (TPSA) is 61.9 Å². The van der Waals surface area contributed by atoms with Crippen LogP contribution in [-0.4, -0.2) is 48.6 Å². The lowest BCUT2D eigenvalue weighted by atomic mass is 9.92. The highest BCUT2D eigenvalue weighted by molar-refractivity contribution is 6.30. The van der Waals surface area contributed by atoms with E-state index in [9.17, 15) is 9.59 Å². The summed E-state index contributed by atoms with van der Waals surface area (Å²) >= 11 is 6.08. The maximum atomic E-state index is 13.7. The fraction of sp³-hybridized carbons (Fsp3) is 0.333. The third-order valence-corrected chi connectivity index (χ3v) is 7.28. The molecular weight excluding hydrogens is 486 g/mol. The molecule has 3 aromatic carbocycles. The van der Waals surface area contributed by atoms with Gasteiger partial charge in [0.2, 0.25) is 11.8 Å². The zero-order chi connectivity index (χ0) is 26.3. The molecule has 1 N–H and O–H groups in total. The van der Waals surface area contributed by atoms with Crippen molar-refractivity contribution in [2.45, 2.75) is 38.8 Å². The van der Waals surface area contributed by atoms with Crippen molar-refractivity contribution in [2.75, 3.05) is 36.5 Å². The molecule has 37 heavy (non-hydrogen) atoms. The molecule has 0 aliphatic carbocycles. The molecule has 0 saturated carbocycles. The molecular formula is C30H34ClN3O3. The Kier molecular flexibility index (Phi) is 8.85. The van der Waals surface area contributed by atoms with E-state index in [0.717, 1.165) is 29.9 Å². The number of morpholine rings is 1. The molecule has 0 aromatic heterocycles. The summed E-state index contributed by atoms with van der Waals surface area (Å²) in [6.45, 7) is 7.21. The normalized spacial score (nSPS) is 15.1. The van der Waals surface area contributed by atoms with Crippen LogP contribution < -0.4 is 10.2 Å².